The van der Waals surface area contributed by atoms with Gasteiger partial charge in [-0.2, -0.15) is 0 Å². The van der Waals surface area contributed by atoms with E-state index in [-0.39, 0.29) is 12.3 Å². The fourth-order valence-electron chi connectivity index (χ4n) is 1.93. The minimum Gasteiger partial charge on any atom is -0.476 e. The number of aliphatic hydroxyl groups is 1. The lowest BCUT2D eigenvalue weighted by molar-refractivity contribution is 0.0690. The molecule has 0 spiro atoms. The Bertz CT molecular complexity index is 393. The Labute approximate surface area is 112 Å². The molecule has 3 N–H and O–H groups in total. The summed E-state index contributed by atoms with van der Waals surface area (Å²) in [5, 5.41) is 20.9. The van der Waals surface area contributed by atoms with Gasteiger partial charge in [-0.05, 0) is 24.7 Å². The molecule has 0 aliphatic rings. The summed E-state index contributed by atoms with van der Waals surface area (Å²) in [5.74, 6) is 0.401. The molecule has 19 heavy (non-hydrogen) atoms. The van der Waals surface area contributed by atoms with Crippen molar-refractivity contribution in [3.8, 4) is 0 Å². The van der Waals surface area contributed by atoms with E-state index in [4.69, 9.17) is 10.2 Å². The zero-order chi connectivity index (χ0) is 14.3. The predicted molar refractivity (Wildman–Crippen MR) is 72.1 cm³/mol. The third-order valence-electron chi connectivity index (χ3n) is 2.78. The van der Waals surface area contributed by atoms with Gasteiger partial charge in [0.15, 0.2) is 5.69 Å². The van der Waals surface area contributed by atoms with Crippen LogP contribution in [0.5, 0.6) is 0 Å². The summed E-state index contributed by atoms with van der Waals surface area (Å²) in [6.07, 6.45) is 4.41. The number of nitrogens with one attached hydrogen (secondary N) is 1. The average Bonchev–Trinajstić information content (AvgIpc) is 2.36. The molecule has 0 fully saturated rings. The van der Waals surface area contributed by atoms with E-state index in [0.29, 0.717) is 24.2 Å². The Morgan fingerprint density at radius 3 is 2.58 bits per heavy atom. The molecule has 6 nitrogen and oxygen atoms in total. The molecule has 1 unspecified atom stereocenters. The lowest BCUT2D eigenvalue weighted by Crippen LogP contribution is -2.18. The minimum atomic E-state index is -1.09. The molecule has 1 aromatic rings. The first-order valence-corrected chi connectivity index (χ1v) is 6.43. The van der Waals surface area contributed by atoms with Gasteiger partial charge in [-0.1, -0.05) is 13.8 Å². The number of hydrogen-bond donors (Lipinski definition) is 3. The molecule has 6 heteroatoms. The van der Waals surface area contributed by atoms with Crippen LogP contribution >= 0.6 is 0 Å². The van der Waals surface area contributed by atoms with Gasteiger partial charge >= 0.3 is 5.97 Å². The highest BCUT2D eigenvalue weighted by Gasteiger charge is 2.11. The monoisotopic (exact) mass is 267 g/mol. The molecule has 0 saturated heterocycles. The highest BCUT2D eigenvalue weighted by molar-refractivity contribution is 5.84. The molecule has 1 rings (SSSR count). The quantitative estimate of drug-likeness (QED) is 0.662. The van der Waals surface area contributed by atoms with Crippen molar-refractivity contribution in [2.45, 2.75) is 26.7 Å². The summed E-state index contributed by atoms with van der Waals surface area (Å²) in [6, 6.07) is 0. The van der Waals surface area contributed by atoms with Crippen molar-refractivity contribution in [2.75, 3.05) is 18.5 Å². The molecule has 0 aromatic carbocycles. The maximum absolute atomic E-state index is 10.6. The van der Waals surface area contributed by atoms with E-state index in [1.54, 1.807) is 0 Å². The van der Waals surface area contributed by atoms with Gasteiger partial charge in [0.25, 0.3) is 0 Å². The van der Waals surface area contributed by atoms with Gasteiger partial charge < -0.3 is 15.5 Å². The summed E-state index contributed by atoms with van der Waals surface area (Å²) >= 11 is 0. The highest BCUT2D eigenvalue weighted by atomic mass is 16.4. The summed E-state index contributed by atoms with van der Waals surface area (Å²) in [4.78, 5) is 18.4. The van der Waals surface area contributed by atoms with Crippen LogP contribution in [0.2, 0.25) is 0 Å². The van der Waals surface area contributed by atoms with Crippen molar-refractivity contribution < 1.29 is 15.0 Å². The smallest absolute Gasteiger partial charge is 0.356 e. The second-order valence-electron chi connectivity index (χ2n) is 4.98. The van der Waals surface area contributed by atoms with Crippen LogP contribution in [0.3, 0.4) is 0 Å². The molecule has 1 aromatic heterocycles. The number of carboxylic acid groups (broad SMARTS) is 1. The molecule has 0 amide bonds. The predicted octanol–water partition coefficient (Wildman–Crippen LogP) is 1.63. The third-order valence-corrected chi connectivity index (χ3v) is 2.78. The van der Waals surface area contributed by atoms with Crippen LogP contribution in [0, 0.1) is 11.8 Å². The van der Waals surface area contributed by atoms with Crippen LogP contribution in [-0.2, 0) is 0 Å². The van der Waals surface area contributed by atoms with E-state index >= 15 is 0 Å². The second-order valence-corrected chi connectivity index (χ2v) is 4.98. The van der Waals surface area contributed by atoms with Gasteiger partial charge in [-0.3, -0.25) is 0 Å². The molecular formula is C13H21N3O3. The molecule has 0 bridgehead atoms. The van der Waals surface area contributed by atoms with Gasteiger partial charge in [0.05, 0.1) is 12.4 Å². The average molecular weight is 267 g/mol. The fraction of sp³-hybridized carbons (Fsp3) is 0.615. The van der Waals surface area contributed by atoms with Crippen LogP contribution in [0.1, 0.15) is 37.2 Å². The number of aromatic nitrogens is 2. The normalized spacial score (nSPS) is 12.4. The summed E-state index contributed by atoms with van der Waals surface area (Å²) in [6.45, 7) is 5.15. The van der Waals surface area contributed by atoms with E-state index in [9.17, 15) is 4.79 Å². The first-order valence-electron chi connectivity index (χ1n) is 6.43. The zero-order valence-corrected chi connectivity index (χ0v) is 11.3. The van der Waals surface area contributed by atoms with Gasteiger partial charge in [-0.15, -0.1) is 0 Å². The topological polar surface area (TPSA) is 95.3 Å². The fourth-order valence-corrected chi connectivity index (χ4v) is 1.93. The van der Waals surface area contributed by atoms with Crippen molar-refractivity contribution in [3.05, 3.63) is 18.1 Å². The molecule has 0 radical (unpaired) electrons. The Morgan fingerprint density at radius 1 is 1.37 bits per heavy atom. The number of aliphatic hydroxyl groups excluding tert-OH is 1. The van der Waals surface area contributed by atoms with E-state index in [1.165, 1.54) is 12.4 Å². The van der Waals surface area contributed by atoms with Crippen LogP contribution in [0.25, 0.3) is 0 Å². The second kappa shape index (κ2) is 7.68. The first kappa shape index (κ1) is 15.4. The Balaban J connectivity index is 2.51. The van der Waals surface area contributed by atoms with E-state index in [0.717, 1.165) is 12.8 Å². The molecule has 106 valence electrons. The van der Waals surface area contributed by atoms with Crippen LogP contribution < -0.4 is 5.32 Å². The summed E-state index contributed by atoms with van der Waals surface area (Å²) in [5.41, 5.74) is -0.0698. The number of rotatable bonds is 8. The van der Waals surface area contributed by atoms with Crippen molar-refractivity contribution in [3.63, 3.8) is 0 Å². The van der Waals surface area contributed by atoms with Gasteiger partial charge in [-0.25, -0.2) is 14.8 Å². The maximum Gasteiger partial charge on any atom is 0.356 e. The molecule has 0 aliphatic heterocycles. The lowest BCUT2D eigenvalue weighted by Gasteiger charge is -2.18. The van der Waals surface area contributed by atoms with Crippen molar-refractivity contribution >= 4 is 11.8 Å². The SMILES string of the molecule is CC(C)CC(CCO)CNc1cnc(C(=O)O)cn1. The molecule has 0 saturated carbocycles. The summed E-state index contributed by atoms with van der Waals surface area (Å²) < 4.78 is 0. The maximum atomic E-state index is 10.6. The van der Waals surface area contributed by atoms with Crippen molar-refractivity contribution in [1.29, 1.82) is 0 Å². The number of carbonyl (C=O) groups is 1. The van der Waals surface area contributed by atoms with Crippen molar-refractivity contribution in [1.82, 2.24) is 9.97 Å². The molecular weight excluding hydrogens is 246 g/mol. The third kappa shape index (κ3) is 5.65. The van der Waals surface area contributed by atoms with Gasteiger partial charge in [0, 0.05) is 13.2 Å². The van der Waals surface area contributed by atoms with E-state index in [1.807, 2.05) is 0 Å². The standard InChI is InChI=1S/C13H21N3O3/c1-9(2)5-10(3-4-17)6-15-12-8-14-11(7-16-12)13(18)19/h7-10,17H,3-6H2,1-2H3,(H,15,16)(H,18,19). The summed E-state index contributed by atoms with van der Waals surface area (Å²) in [7, 11) is 0. The zero-order valence-electron chi connectivity index (χ0n) is 11.3. The van der Waals surface area contributed by atoms with Gasteiger partial charge in [0.1, 0.15) is 5.82 Å². The van der Waals surface area contributed by atoms with Crippen LogP contribution in [-0.4, -0.2) is 39.3 Å². The van der Waals surface area contributed by atoms with Gasteiger partial charge in [0.2, 0.25) is 0 Å². The first-order chi connectivity index (χ1) is 9.02. The molecule has 0 aliphatic carbocycles. The van der Waals surface area contributed by atoms with E-state index < -0.39 is 5.97 Å². The lowest BCUT2D eigenvalue weighted by atomic mass is 9.94. The number of hydrogen-bond acceptors (Lipinski definition) is 5. The molecule has 1 heterocycles. The minimum absolute atomic E-state index is 0.0698. The number of carboxylic acids is 1. The number of anilines is 1. The number of nitrogens with zero attached hydrogens (tertiary/aromatic N) is 2. The van der Waals surface area contributed by atoms with Crippen LogP contribution in [0.4, 0.5) is 5.82 Å². The van der Waals surface area contributed by atoms with E-state index in [2.05, 4.69) is 29.1 Å². The van der Waals surface area contributed by atoms with Crippen LogP contribution in [0.15, 0.2) is 12.4 Å². The number of aromatic carboxylic acids is 1. The Hall–Kier alpha value is -1.69. The Morgan fingerprint density at radius 2 is 2.11 bits per heavy atom. The highest BCUT2D eigenvalue weighted by Crippen LogP contribution is 2.15. The molecule has 1 atom stereocenters. The largest absolute Gasteiger partial charge is 0.476 e. The Kier molecular flexibility index (Phi) is 6.21. The van der Waals surface area contributed by atoms with Crippen molar-refractivity contribution in [2.24, 2.45) is 11.8 Å².